The van der Waals surface area contributed by atoms with Crippen molar-refractivity contribution in [1.82, 2.24) is 9.97 Å². The Balaban J connectivity index is 2.37. The van der Waals surface area contributed by atoms with E-state index in [4.69, 9.17) is 9.84 Å². The van der Waals surface area contributed by atoms with Crippen molar-refractivity contribution in [1.29, 1.82) is 0 Å². The summed E-state index contributed by atoms with van der Waals surface area (Å²) in [7, 11) is 0. The van der Waals surface area contributed by atoms with Gasteiger partial charge in [-0.1, -0.05) is 6.07 Å². The van der Waals surface area contributed by atoms with Gasteiger partial charge in [0.15, 0.2) is 0 Å². The summed E-state index contributed by atoms with van der Waals surface area (Å²) in [6.07, 6.45) is 2.87. The maximum absolute atomic E-state index is 13.4. The van der Waals surface area contributed by atoms with Gasteiger partial charge in [0, 0.05) is 12.4 Å². The third kappa shape index (κ3) is 2.62. The predicted octanol–water partition coefficient (Wildman–Crippen LogP) is 2.87. The van der Waals surface area contributed by atoms with Crippen LogP contribution in [0.4, 0.5) is 4.39 Å². The molecule has 1 heterocycles. The Kier molecular flexibility index (Phi) is 3.52. The molecule has 0 saturated carbocycles. The molecule has 1 N–H and O–H groups in total. The molecule has 0 aliphatic heterocycles. The number of aromatic nitrogens is 2. The minimum Gasteiger partial charge on any atom is -0.477 e. The Morgan fingerprint density at radius 3 is 2.61 bits per heavy atom. The van der Waals surface area contributed by atoms with E-state index >= 15 is 0 Å². The highest BCUT2D eigenvalue weighted by molar-refractivity contribution is 9.10. The Hall–Kier alpha value is -2.02. The number of aromatic carboxylic acids is 1. The number of hydrogen-bond donors (Lipinski definition) is 1. The first kappa shape index (κ1) is 12.4. The molecule has 7 heteroatoms. The fourth-order valence-corrected chi connectivity index (χ4v) is 1.45. The third-order valence-electron chi connectivity index (χ3n) is 1.99. The number of nitrogens with zero attached hydrogens (tertiary/aromatic N) is 2. The maximum Gasteiger partial charge on any atom is 0.342 e. The van der Waals surface area contributed by atoms with E-state index in [2.05, 4.69) is 25.9 Å². The number of halogens is 2. The summed E-state index contributed by atoms with van der Waals surface area (Å²) in [4.78, 5) is 18.5. The highest BCUT2D eigenvalue weighted by Crippen LogP contribution is 2.25. The summed E-state index contributed by atoms with van der Waals surface area (Å²) in [5.74, 6) is -2.44. The van der Waals surface area contributed by atoms with Gasteiger partial charge in [-0.3, -0.25) is 0 Å². The molecule has 18 heavy (non-hydrogen) atoms. The first-order chi connectivity index (χ1) is 8.58. The third-order valence-corrected chi connectivity index (χ3v) is 2.40. The SMILES string of the molecule is O=C(O)c1c(F)cccc1Oc1ncc(Br)cn1. The number of carboxylic acids is 1. The standard InChI is InChI=1S/C11H6BrFN2O3/c12-6-4-14-11(15-5-6)18-8-3-1-2-7(13)9(8)10(16)17/h1-5H,(H,16,17). The van der Waals surface area contributed by atoms with Crippen LogP contribution in [0.1, 0.15) is 10.4 Å². The van der Waals surface area contributed by atoms with Gasteiger partial charge in [-0.05, 0) is 28.1 Å². The summed E-state index contributed by atoms with van der Waals surface area (Å²) in [6, 6.07) is 3.65. The van der Waals surface area contributed by atoms with Crippen LogP contribution in [0.25, 0.3) is 0 Å². The highest BCUT2D eigenvalue weighted by atomic mass is 79.9. The molecule has 2 aromatic rings. The van der Waals surface area contributed by atoms with Crippen molar-refractivity contribution in [2.75, 3.05) is 0 Å². The smallest absolute Gasteiger partial charge is 0.342 e. The van der Waals surface area contributed by atoms with E-state index in [-0.39, 0.29) is 11.8 Å². The van der Waals surface area contributed by atoms with Crippen molar-refractivity contribution in [3.05, 3.63) is 46.4 Å². The van der Waals surface area contributed by atoms with Crippen LogP contribution in [-0.2, 0) is 0 Å². The predicted molar refractivity (Wildman–Crippen MR) is 63.2 cm³/mol. The first-order valence-corrected chi connectivity index (χ1v) is 5.54. The van der Waals surface area contributed by atoms with Crippen molar-refractivity contribution in [2.24, 2.45) is 0 Å². The van der Waals surface area contributed by atoms with Crippen LogP contribution < -0.4 is 4.74 Å². The molecular weight excluding hydrogens is 307 g/mol. The van der Waals surface area contributed by atoms with Gasteiger partial charge in [-0.2, -0.15) is 0 Å². The lowest BCUT2D eigenvalue weighted by Crippen LogP contribution is -2.04. The van der Waals surface area contributed by atoms with Crippen LogP contribution in [0.15, 0.2) is 35.1 Å². The van der Waals surface area contributed by atoms with Gasteiger partial charge >= 0.3 is 12.0 Å². The fraction of sp³-hybridized carbons (Fsp3) is 0. The van der Waals surface area contributed by atoms with Gasteiger partial charge in [-0.25, -0.2) is 19.2 Å². The normalized spacial score (nSPS) is 10.1. The molecule has 2 rings (SSSR count). The summed E-state index contributed by atoms with van der Waals surface area (Å²) >= 11 is 3.15. The number of ether oxygens (including phenoxy) is 1. The Morgan fingerprint density at radius 1 is 1.33 bits per heavy atom. The average molecular weight is 313 g/mol. The molecule has 0 bridgehead atoms. The van der Waals surface area contributed by atoms with Gasteiger partial charge in [0.2, 0.25) is 0 Å². The molecule has 92 valence electrons. The topological polar surface area (TPSA) is 72.3 Å². The highest BCUT2D eigenvalue weighted by Gasteiger charge is 2.18. The van der Waals surface area contributed by atoms with Crippen molar-refractivity contribution < 1.29 is 19.0 Å². The van der Waals surface area contributed by atoms with Gasteiger partial charge in [0.1, 0.15) is 17.1 Å². The van der Waals surface area contributed by atoms with Crippen LogP contribution in [0, 0.1) is 5.82 Å². The molecule has 1 aromatic heterocycles. The Labute approximate surface area is 109 Å². The molecule has 0 unspecified atom stereocenters. The molecule has 1 aromatic carbocycles. The summed E-state index contributed by atoms with van der Waals surface area (Å²) in [5, 5.41) is 8.90. The van der Waals surface area contributed by atoms with Gasteiger partial charge < -0.3 is 9.84 Å². The van der Waals surface area contributed by atoms with Crippen molar-refractivity contribution in [2.45, 2.75) is 0 Å². The van der Waals surface area contributed by atoms with E-state index in [1.54, 1.807) is 0 Å². The zero-order chi connectivity index (χ0) is 13.1. The average Bonchev–Trinajstić information content (AvgIpc) is 2.32. The molecule has 0 atom stereocenters. The second-order valence-electron chi connectivity index (χ2n) is 3.20. The van der Waals surface area contributed by atoms with Crippen LogP contribution >= 0.6 is 15.9 Å². The van der Waals surface area contributed by atoms with Crippen LogP contribution in [0.5, 0.6) is 11.8 Å². The summed E-state index contributed by atoms with van der Waals surface area (Å²) in [6.45, 7) is 0. The molecule has 0 radical (unpaired) electrons. The van der Waals surface area contributed by atoms with E-state index in [1.807, 2.05) is 0 Å². The summed E-state index contributed by atoms with van der Waals surface area (Å²) < 4.78 is 19.1. The fourth-order valence-electron chi connectivity index (χ4n) is 1.25. The monoisotopic (exact) mass is 312 g/mol. The van der Waals surface area contributed by atoms with Crippen LogP contribution in [-0.4, -0.2) is 21.0 Å². The number of rotatable bonds is 3. The first-order valence-electron chi connectivity index (χ1n) is 4.75. The largest absolute Gasteiger partial charge is 0.477 e. The van der Waals surface area contributed by atoms with Crippen LogP contribution in [0.3, 0.4) is 0 Å². The second kappa shape index (κ2) is 5.09. The van der Waals surface area contributed by atoms with E-state index in [1.165, 1.54) is 24.5 Å². The number of carbonyl (C=O) groups is 1. The second-order valence-corrected chi connectivity index (χ2v) is 4.12. The van der Waals surface area contributed by atoms with E-state index < -0.39 is 17.3 Å². The number of carboxylic acid groups (broad SMARTS) is 1. The van der Waals surface area contributed by atoms with E-state index in [0.717, 1.165) is 6.07 Å². The molecular formula is C11H6BrFN2O3. The Bertz CT molecular complexity index is 589. The Morgan fingerprint density at radius 2 is 2.00 bits per heavy atom. The zero-order valence-corrected chi connectivity index (χ0v) is 10.4. The van der Waals surface area contributed by atoms with Crippen molar-refractivity contribution >= 4 is 21.9 Å². The van der Waals surface area contributed by atoms with Gasteiger partial charge in [0.25, 0.3) is 0 Å². The minimum atomic E-state index is -1.42. The molecule has 0 spiro atoms. The molecule has 0 aliphatic carbocycles. The maximum atomic E-state index is 13.4. The minimum absolute atomic E-state index is 0.0636. The van der Waals surface area contributed by atoms with Crippen molar-refractivity contribution in [3.63, 3.8) is 0 Å². The summed E-state index contributed by atoms with van der Waals surface area (Å²) in [5.41, 5.74) is -0.552. The molecule has 5 nitrogen and oxygen atoms in total. The molecule has 0 amide bonds. The van der Waals surface area contributed by atoms with Crippen molar-refractivity contribution in [3.8, 4) is 11.8 Å². The quantitative estimate of drug-likeness (QED) is 0.943. The molecule has 0 fully saturated rings. The number of hydrogen-bond acceptors (Lipinski definition) is 4. The lowest BCUT2D eigenvalue weighted by Gasteiger charge is -2.07. The van der Waals surface area contributed by atoms with Gasteiger partial charge in [0.05, 0.1) is 4.47 Å². The number of benzene rings is 1. The molecule has 0 aliphatic rings. The zero-order valence-electron chi connectivity index (χ0n) is 8.80. The molecule has 0 saturated heterocycles. The van der Waals surface area contributed by atoms with Gasteiger partial charge in [-0.15, -0.1) is 0 Å². The lowest BCUT2D eigenvalue weighted by atomic mass is 10.2. The van der Waals surface area contributed by atoms with E-state index in [0.29, 0.717) is 4.47 Å². The van der Waals surface area contributed by atoms with Crippen LogP contribution in [0.2, 0.25) is 0 Å². The lowest BCUT2D eigenvalue weighted by molar-refractivity contribution is 0.0689. The van der Waals surface area contributed by atoms with E-state index in [9.17, 15) is 9.18 Å².